The van der Waals surface area contributed by atoms with Gasteiger partial charge in [0.25, 0.3) is 0 Å². The van der Waals surface area contributed by atoms with E-state index in [-0.39, 0.29) is 0 Å². The second-order valence-electron chi connectivity index (χ2n) is 3.23. The Hall–Kier alpha value is -1.33. The highest BCUT2D eigenvalue weighted by Crippen LogP contribution is 2.33. The van der Waals surface area contributed by atoms with Gasteiger partial charge in [-0.3, -0.25) is 0 Å². The summed E-state index contributed by atoms with van der Waals surface area (Å²) in [6.45, 7) is 1.83. The third-order valence-electron chi connectivity index (χ3n) is 2.25. The van der Waals surface area contributed by atoms with Gasteiger partial charge in [-0.1, -0.05) is 11.6 Å². The Balaban J connectivity index is 2.95. The molecule has 1 aromatic rings. The van der Waals surface area contributed by atoms with E-state index < -0.39 is 0 Å². The minimum atomic E-state index is 0.651. The topological polar surface area (TPSA) is 18.5 Å². The Morgan fingerprint density at radius 3 is 2.38 bits per heavy atom. The monoisotopic (exact) mass is 238 g/mol. The van der Waals surface area contributed by atoms with Crippen molar-refractivity contribution in [3.05, 3.63) is 22.7 Å². The molecule has 0 saturated carbocycles. The Labute approximate surface area is 102 Å². The van der Waals surface area contributed by atoms with Crippen LogP contribution in [0.1, 0.15) is 18.9 Å². The maximum atomic E-state index is 6.13. The SMILES string of the molecule is CC#CCCc1cc(OC)c(OC)cc1Cl. The summed E-state index contributed by atoms with van der Waals surface area (Å²) in [5, 5.41) is 0.690. The third-order valence-corrected chi connectivity index (χ3v) is 2.60. The van der Waals surface area contributed by atoms with Crippen LogP contribution in [0.3, 0.4) is 0 Å². The molecular weight excluding hydrogens is 224 g/mol. The maximum absolute atomic E-state index is 6.13. The first-order chi connectivity index (χ1) is 7.72. The lowest BCUT2D eigenvalue weighted by Crippen LogP contribution is -1.94. The second kappa shape index (κ2) is 6.30. The van der Waals surface area contributed by atoms with Crippen molar-refractivity contribution in [1.29, 1.82) is 0 Å². The molecule has 86 valence electrons. The van der Waals surface area contributed by atoms with Crippen molar-refractivity contribution in [2.75, 3.05) is 14.2 Å². The lowest BCUT2D eigenvalue weighted by atomic mass is 10.1. The lowest BCUT2D eigenvalue weighted by Gasteiger charge is -2.10. The number of benzene rings is 1. The largest absolute Gasteiger partial charge is 0.493 e. The van der Waals surface area contributed by atoms with E-state index in [1.54, 1.807) is 20.3 Å². The number of rotatable bonds is 4. The summed E-state index contributed by atoms with van der Waals surface area (Å²) in [6.07, 6.45) is 1.62. The van der Waals surface area contributed by atoms with E-state index in [9.17, 15) is 0 Å². The van der Waals surface area contributed by atoms with Gasteiger partial charge in [0, 0.05) is 17.5 Å². The molecule has 2 nitrogen and oxygen atoms in total. The quantitative estimate of drug-likeness (QED) is 0.750. The van der Waals surface area contributed by atoms with Gasteiger partial charge < -0.3 is 9.47 Å². The molecule has 0 N–H and O–H groups in total. The van der Waals surface area contributed by atoms with Gasteiger partial charge >= 0.3 is 0 Å². The molecule has 0 saturated heterocycles. The first kappa shape index (κ1) is 12.7. The molecule has 0 aliphatic carbocycles. The van der Waals surface area contributed by atoms with Crippen LogP contribution in [0.15, 0.2) is 12.1 Å². The predicted octanol–water partition coefficient (Wildman–Crippen LogP) is 3.31. The molecule has 0 aliphatic heterocycles. The molecule has 3 heteroatoms. The van der Waals surface area contributed by atoms with Crippen LogP contribution in [0.5, 0.6) is 11.5 Å². The first-order valence-corrected chi connectivity index (χ1v) is 5.40. The zero-order valence-corrected chi connectivity index (χ0v) is 10.5. The second-order valence-corrected chi connectivity index (χ2v) is 3.63. The number of methoxy groups -OCH3 is 2. The molecule has 1 rings (SSSR count). The van der Waals surface area contributed by atoms with Gasteiger partial charge in [-0.2, -0.15) is 0 Å². The van der Waals surface area contributed by atoms with Gasteiger partial charge in [-0.15, -0.1) is 11.8 Å². The van der Waals surface area contributed by atoms with Crippen molar-refractivity contribution in [3.63, 3.8) is 0 Å². The number of halogens is 1. The summed E-state index contributed by atoms with van der Waals surface area (Å²) in [4.78, 5) is 0. The van der Waals surface area contributed by atoms with Crippen molar-refractivity contribution in [2.45, 2.75) is 19.8 Å². The fourth-order valence-corrected chi connectivity index (χ4v) is 1.66. The average molecular weight is 239 g/mol. The molecule has 16 heavy (non-hydrogen) atoms. The minimum Gasteiger partial charge on any atom is -0.493 e. The van der Waals surface area contributed by atoms with Crippen molar-refractivity contribution >= 4 is 11.6 Å². The number of hydrogen-bond acceptors (Lipinski definition) is 2. The van der Waals surface area contributed by atoms with Gasteiger partial charge in [-0.05, 0) is 25.0 Å². The molecule has 0 amide bonds. The van der Waals surface area contributed by atoms with E-state index in [1.807, 2.05) is 13.0 Å². The molecule has 0 heterocycles. The number of ether oxygens (including phenoxy) is 2. The van der Waals surface area contributed by atoms with E-state index in [0.717, 1.165) is 18.4 Å². The van der Waals surface area contributed by atoms with E-state index in [4.69, 9.17) is 21.1 Å². The molecule has 0 bridgehead atoms. The van der Waals surface area contributed by atoms with Crippen LogP contribution in [-0.4, -0.2) is 14.2 Å². The standard InChI is InChI=1S/C13H15ClO2/c1-4-5-6-7-10-8-12(15-2)13(16-3)9-11(10)14/h8-9H,6-7H2,1-3H3. The van der Waals surface area contributed by atoms with Crippen LogP contribution in [0, 0.1) is 11.8 Å². The summed E-state index contributed by atoms with van der Waals surface area (Å²) in [7, 11) is 3.21. The molecule has 0 aliphatic rings. The Bertz CT molecular complexity index is 416. The van der Waals surface area contributed by atoms with Crippen LogP contribution >= 0.6 is 11.6 Å². The van der Waals surface area contributed by atoms with E-state index in [1.165, 1.54) is 0 Å². The summed E-state index contributed by atoms with van der Waals surface area (Å²) in [5.74, 6) is 7.22. The Morgan fingerprint density at radius 1 is 1.19 bits per heavy atom. The maximum Gasteiger partial charge on any atom is 0.162 e. The zero-order valence-electron chi connectivity index (χ0n) is 9.76. The lowest BCUT2D eigenvalue weighted by molar-refractivity contribution is 0.354. The average Bonchev–Trinajstić information content (AvgIpc) is 2.31. The van der Waals surface area contributed by atoms with Crippen molar-refractivity contribution in [3.8, 4) is 23.3 Å². The highest BCUT2D eigenvalue weighted by Gasteiger charge is 2.08. The minimum absolute atomic E-state index is 0.651. The van der Waals surface area contributed by atoms with Crippen molar-refractivity contribution < 1.29 is 9.47 Å². The smallest absolute Gasteiger partial charge is 0.162 e. The molecule has 0 atom stereocenters. The zero-order chi connectivity index (χ0) is 12.0. The molecule has 0 aromatic heterocycles. The Kier molecular flexibility index (Phi) is 5.01. The van der Waals surface area contributed by atoms with Crippen LogP contribution < -0.4 is 9.47 Å². The normalized spacial score (nSPS) is 9.25. The van der Waals surface area contributed by atoms with E-state index in [2.05, 4.69) is 11.8 Å². The third kappa shape index (κ3) is 3.08. The van der Waals surface area contributed by atoms with Crippen LogP contribution in [0.25, 0.3) is 0 Å². The molecule has 0 spiro atoms. The summed E-state index contributed by atoms with van der Waals surface area (Å²) < 4.78 is 10.4. The van der Waals surface area contributed by atoms with Crippen LogP contribution in [0.2, 0.25) is 5.02 Å². The number of aryl methyl sites for hydroxylation is 1. The fourth-order valence-electron chi connectivity index (χ4n) is 1.41. The van der Waals surface area contributed by atoms with Gasteiger partial charge in [0.15, 0.2) is 11.5 Å². The molecular formula is C13H15ClO2. The highest BCUT2D eigenvalue weighted by molar-refractivity contribution is 6.31. The van der Waals surface area contributed by atoms with Gasteiger partial charge in [0.2, 0.25) is 0 Å². The van der Waals surface area contributed by atoms with Gasteiger partial charge in [0.05, 0.1) is 14.2 Å². The summed E-state index contributed by atoms with van der Waals surface area (Å²) in [5.41, 5.74) is 1.03. The summed E-state index contributed by atoms with van der Waals surface area (Å²) >= 11 is 6.13. The van der Waals surface area contributed by atoms with E-state index in [0.29, 0.717) is 16.5 Å². The van der Waals surface area contributed by atoms with E-state index >= 15 is 0 Å². The van der Waals surface area contributed by atoms with Crippen molar-refractivity contribution in [2.24, 2.45) is 0 Å². The van der Waals surface area contributed by atoms with Crippen molar-refractivity contribution in [1.82, 2.24) is 0 Å². The van der Waals surface area contributed by atoms with Gasteiger partial charge in [-0.25, -0.2) is 0 Å². The molecule has 0 unspecified atom stereocenters. The molecule has 1 aromatic carbocycles. The molecule has 0 radical (unpaired) electrons. The van der Waals surface area contributed by atoms with Crippen LogP contribution in [-0.2, 0) is 6.42 Å². The predicted molar refractivity (Wildman–Crippen MR) is 66.3 cm³/mol. The van der Waals surface area contributed by atoms with Gasteiger partial charge in [0.1, 0.15) is 0 Å². The first-order valence-electron chi connectivity index (χ1n) is 5.03. The highest BCUT2D eigenvalue weighted by atomic mass is 35.5. The fraction of sp³-hybridized carbons (Fsp3) is 0.385. The van der Waals surface area contributed by atoms with Crippen LogP contribution in [0.4, 0.5) is 0 Å². The number of hydrogen-bond donors (Lipinski definition) is 0. The molecule has 0 fully saturated rings. The Morgan fingerprint density at radius 2 is 1.81 bits per heavy atom. The summed E-state index contributed by atoms with van der Waals surface area (Å²) in [6, 6.07) is 3.67.